The van der Waals surface area contributed by atoms with Crippen LogP contribution in [0.25, 0.3) is 0 Å². The molecule has 2 atom stereocenters. The molecule has 0 radical (unpaired) electrons. The molecule has 0 aliphatic carbocycles. The van der Waals surface area contributed by atoms with Crippen LogP contribution in [0.3, 0.4) is 0 Å². The minimum atomic E-state index is -4.61. The number of carbonyl (C=O) groups is 2. The molecule has 2 aromatic rings. The van der Waals surface area contributed by atoms with E-state index in [0.717, 1.165) is 0 Å². The van der Waals surface area contributed by atoms with Gasteiger partial charge in [0.2, 0.25) is 5.91 Å². The van der Waals surface area contributed by atoms with E-state index in [-0.39, 0.29) is 30.8 Å². The van der Waals surface area contributed by atoms with Crippen molar-refractivity contribution in [2.75, 3.05) is 11.9 Å². The maximum Gasteiger partial charge on any atom is 0.392 e. The summed E-state index contributed by atoms with van der Waals surface area (Å²) in [5, 5.41) is 4.13. The minimum Gasteiger partial charge on any atom is -0.364 e. The number of hydrogen-bond acceptors (Lipinski definition) is 5. The molecule has 2 aliphatic heterocycles. The Morgan fingerprint density at radius 3 is 2.90 bits per heavy atom. The summed E-state index contributed by atoms with van der Waals surface area (Å²) in [6.45, 7) is 0.102. The fourth-order valence-electron chi connectivity index (χ4n) is 4.20. The Morgan fingerprint density at radius 1 is 1.45 bits per heavy atom. The predicted molar refractivity (Wildman–Crippen MR) is 93.6 cm³/mol. The van der Waals surface area contributed by atoms with Crippen molar-refractivity contribution >= 4 is 17.6 Å². The number of alkyl halides is 3. The maximum absolute atomic E-state index is 13.7. The number of nitrogens with zero attached hydrogens (tertiary/aromatic N) is 4. The molecule has 2 aromatic heterocycles. The van der Waals surface area contributed by atoms with Crippen molar-refractivity contribution in [3.8, 4) is 0 Å². The largest absolute Gasteiger partial charge is 0.392 e. The second-order valence-electron chi connectivity index (χ2n) is 7.21. The van der Waals surface area contributed by atoms with Crippen LogP contribution in [0.15, 0.2) is 24.5 Å². The third kappa shape index (κ3) is 3.15. The molecule has 29 heavy (non-hydrogen) atoms. The number of pyridine rings is 1. The first kappa shape index (κ1) is 19.4. The lowest BCUT2D eigenvalue weighted by Crippen LogP contribution is -2.47. The number of aromatic nitrogens is 3. The van der Waals surface area contributed by atoms with Gasteiger partial charge in [-0.25, -0.2) is 4.68 Å². The Kier molecular flexibility index (Phi) is 4.37. The molecule has 4 rings (SSSR count). The zero-order valence-electron chi connectivity index (χ0n) is 15.4. The topological polar surface area (TPSA) is 103 Å². The first-order valence-electron chi connectivity index (χ1n) is 8.92. The van der Waals surface area contributed by atoms with E-state index in [1.165, 1.54) is 30.4 Å². The van der Waals surface area contributed by atoms with Crippen molar-refractivity contribution < 1.29 is 27.5 Å². The smallest absolute Gasteiger partial charge is 0.364 e. The SMILES string of the molecule is CN1C(=O)[C@H](C2(CC(F)(F)F)OCc3cnc(C(N)=O)cc32)CCn2nccc21. The third-order valence-electron chi connectivity index (χ3n) is 5.50. The van der Waals surface area contributed by atoms with E-state index < -0.39 is 35.9 Å². The van der Waals surface area contributed by atoms with Gasteiger partial charge in [0.05, 0.1) is 25.1 Å². The minimum absolute atomic E-state index is 0.0849. The number of rotatable bonds is 3. The molecule has 1 unspecified atom stereocenters. The van der Waals surface area contributed by atoms with Crippen molar-refractivity contribution in [1.82, 2.24) is 14.8 Å². The van der Waals surface area contributed by atoms with E-state index in [2.05, 4.69) is 10.1 Å². The van der Waals surface area contributed by atoms with Gasteiger partial charge in [0.1, 0.15) is 17.1 Å². The molecule has 2 N–H and O–H groups in total. The van der Waals surface area contributed by atoms with Crippen LogP contribution in [-0.4, -0.2) is 39.8 Å². The maximum atomic E-state index is 13.7. The van der Waals surface area contributed by atoms with Crippen molar-refractivity contribution in [3.63, 3.8) is 0 Å². The van der Waals surface area contributed by atoms with Gasteiger partial charge in [-0.15, -0.1) is 0 Å². The van der Waals surface area contributed by atoms with Crippen LogP contribution in [0.2, 0.25) is 0 Å². The zero-order chi connectivity index (χ0) is 21.0. The number of fused-ring (bicyclic) bond motifs is 2. The van der Waals surface area contributed by atoms with Crippen LogP contribution in [-0.2, 0) is 28.3 Å². The predicted octanol–water partition coefficient (Wildman–Crippen LogP) is 1.74. The average Bonchev–Trinajstić information content (AvgIpc) is 3.22. The molecule has 2 amide bonds. The van der Waals surface area contributed by atoms with E-state index in [0.29, 0.717) is 11.4 Å². The molecular formula is C18H18F3N5O3. The third-order valence-corrected chi connectivity index (χ3v) is 5.50. The van der Waals surface area contributed by atoms with Crippen LogP contribution in [0.5, 0.6) is 0 Å². The van der Waals surface area contributed by atoms with E-state index in [4.69, 9.17) is 10.5 Å². The summed E-state index contributed by atoms with van der Waals surface area (Å²) in [5.41, 5.74) is 3.64. The molecule has 0 bridgehead atoms. The van der Waals surface area contributed by atoms with Gasteiger partial charge in [-0.2, -0.15) is 18.3 Å². The average molecular weight is 409 g/mol. The summed E-state index contributed by atoms with van der Waals surface area (Å²) in [5.74, 6) is -2.03. The summed E-state index contributed by atoms with van der Waals surface area (Å²) < 4.78 is 48.3. The molecule has 0 saturated heterocycles. The van der Waals surface area contributed by atoms with Crippen LogP contribution in [0.4, 0.5) is 19.0 Å². The van der Waals surface area contributed by atoms with Gasteiger partial charge >= 0.3 is 6.18 Å². The Hall–Kier alpha value is -2.95. The number of ether oxygens (including phenoxy) is 1. The summed E-state index contributed by atoms with van der Waals surface area (Å²) >= 11 is 0. The van der Waals surface area contributed by atoms with E-state index in [9.17, 15) is 22.8 Å². The molecule has 11 heteroatoms. The van der Waals surface area contributed by atoms with Gasteiger partial charge < -0.3 is 10.5 Å². The molecule has 8 nitrogen and oxygen atoms in total. The van der Waals surface area contributed by atoms with E-state index >= 15 is 0 Å². The number of nitrogens with two attached hydrogens (primary N) is 1. The molecular weight excluding hydrogens is 391 g/mol. The van der Waals surface area contributed by atoms with Gasteiger partial charge in [0, 0.05) is 31.4 Å². The van der Waals surface area contributed by atoms with Crippen LogP contribution in [0, 0.1) is 5.92 Å². The second-order valence-corrected chi connectivity index (χ2v) is 7.21. The normalized spacial score (nSPS) is 24.2. The highest BCUT2D eigenvalue weighted by Gasteiger charge is 2.56. The summed E-state index contributed by atoms with van der Waals surface area (Å²) in [7, 11) is 1.49. The van der Waals surface area contributed by atoms with Crippen molar-refractivity contribution in [3.05, 3.63) is 41.3 Å². The standard InChI is InChI=1S/C18H18F3N5O3/c1-25-14-2-4-24-26(14)5-3-11(16(25)28)17(9-18(19,20)21)12-6-13(15(22)27)23-7-10(12)8-29-17/h2,4,6-7,11H,3,5,8-9H2,1H3,(H2,22,27)/t11-,17?/m1/s1. The summed E-state index contributed by atoms with van der Waals surface area (Å²) in [6.07, 6.45) is -3.10. The van der Waals surface area contributed by atoms with Crippen molar-refractivity contribution in [2.24, 2.45) is 11.7 Å². The Bertz CT molecular complexity index is 989. The van der Waals surface area contributed by atoms with Crippen LogP contribution >= 0.6 is 0 Å². The lowest BCUT2D eigenvalue weighted by atomic mass is 9.76. The Morgan fingerprint density at radius 2 is 2.21 bits per heavy atom. The highest BCUT2D eigenvalue weighted by Crippen LogP contribution is 2.51. The molecule has 2 aliphatic rings. The number of anilines is 1. The number of hydrogen-bond donors (Lipinski definition) is 1. The molecule has 154 valence electrons. The molecule has 0 fully saturated rings. The lowest BCUT2D eigenvalue weighted by molar-refractivity contribution is -0.205. The first-order chi connectivity index (χ1) is 13.6. The highest BCUT2D eigenvalue weighted by molar-refractivity contribution is 5.95. The van der Waals surface area contributed by atoms with E-state index in [1.807, 2.05) is 0 Å². The van der Waals surface area contributed by atoms with Gasteiger partial charge in [-0.1, -0.05) is 0 Å². The monoisotopic (exact) mass is 409 g/mol. The number of primary amides is 1. The summed E-state index contributed by atoms with van der Waals surface area (Å²) in [4.78, 5) is 30.0. The molecule has 0 aromatic carbocycles. The van der Waals surface area contributed by atoms with Crippen LogP contribution < -0.4 is 10.6 Å². The van der Waals surface area contributed by atoms with Crippen molar-refractivity contribution in [2.45, 2.75) is 37.8 Å². The molecule has 0 saturated carbocycles. The zero-order valence-corrected chi connectivity index (χ0v) is 15.4. The van der Waals surface area contributed by atoms with Gasteiger partial charge in [0.15, 0.2) is 0 Å². The van der Waals surface area contributed by atoms with Gasteiger partial charge in [-0.3, -0.25) is 19.5 Å². The Labute approximate surface area is 163 Å². The highest BCUT2D eigenvalue weighted by atomic mass is 19.4. The Balaban J connectivity index is 1.85. The van der Waals surface area contributed by atoms with Crippen LogP contribution in [0.1, 0.15) is 34.5 Å². The van der Waals surface area contributed by atoms with E-state index in [1.54, 1.807) is 10.7 Å². The molecule has 4 heterocycles. The van der Waals surface area contributed by atoms with Gasteiger partial charge in [-0.05, 0) is 18.1 Å². The molecule has 0 spiro atoms. The quantitative estimate of drug-likeness (QED) is 0.832. The van der Waals surface area contributed by atoms with Crippen molar-refractivity contribution in [1.29, 1.82) is 0 Å². The lowest BCUT2D eigenvalue weighted by Gasteiger charge is -2.37. The number of carbonyl (C=O) groups excluding carboxylic acids is 2. The van der Waals surface area contributed by atoms with Gasteiger partial charge in [0.25, 0.3) is 5.91 Å². The number of amides is 2. The number of aryl methyl sites for hydroxylation is 1. The first-order valence-corrected chi connectivity index (χ1v) is 8.92. The second kappa shape index (κ2) is 6.55. The fraction of sp³-hybridized carbons (Fsp3) is 0.444. The number of halogens is 3. The fourth-order valence-corrected chi connectivity index (χ4v) is 4.20. The summed E-state index contributed by atoms with van der Waals surface area (Å²) in [6, 6.07) is 2.84.